The molecule has 0 amide bonds. The van der Waals surface area contributed by atoms with Gasteiger partial charge in [0.25, 0.3) is 0 Å². The van der Waals surface area contributed by atoms with E-state index in [2.05, 4.69) is 83.9 Å². The van der Waals surface area contributed by atoms with E-state index in [0.717, 1.165) is 51.5 Å². The molecule has 0 aliphatic heterocycles. The first kappa shape index (κ1) is 41.2. The van der Waals surface area contributed by atoms with Gasteiger partial charge in [0.1, 0.15) is 17.2 Å². The molecule has 9 rings (SSSR count). The largest absolute Gasteiger partial charge is 0.501 e. The standard InChI is InChI=1S/C29H22F2NO.C21H28GeN.Ir/c30-24-9-4-10-25(31)28(24)20-11-12-21-22-7-3-8-23(29(22)33-27(21)17-20)26-16-19(13-14-32-26)15-18-5-1-2-6-18;1-16-14-21(23-15-20(16)22(2,3)4)19-12-10-18(11-13-19)17-8-6-5-7-9-17;/h3-4,7,9-14,16-18H,1-2,5-6,15H2;10-12,14-15,17H,5-9H2,1-4H3;/q2*-1;. The molecule has 2 saturated carbocycles. The van der Waals surface area contributed by atoms with Gasteiger partial charge in [-0.1, -0.05) is 66.5 Å². The Bertz CT molecular complexity index is 2460. The number of aromatic nitrogens is 2. The van der Waals surface area contributed by atoms with Crippen LogP contribution >= 0.6 is 0 Å². The van der Waals surface area contributed by atoms with E-state index in [1.54, 1.807) is 12.1 Å². The number of benzene rings is 4. The molecule has 4 aromatic carbocycles. The number of hydrogen-bond acceptors (Lipinski definition) is 3. The van der Waals surface area contributed by atoms with E-state index >= 15 is 0 Å². The number of fused-ring (bicyclic) bond motifs is 3. The molecule has 2 aliphatic carbocycles. The first-order valence-electron chi connectivity index (χ1n) is 20.4. The van der Waals surface area contributed by atoms with Crippen molar-refractivity contribution in [3.63, 3.8) is 0 Å². The minimum atomic E-state index is -1.81. The molecular weight excluding hydrogens is 947 g/mol. The van der Waals surface area contributed by atoms with Crippen molar-refractivity contribution in [2.24, 2.45) is 5.92 Å². The summed E-state index contributed by atoms with van der Waals surface area (Å²) in [5.41, 5.74) is 9.62. The molecule has 1 radical (unpaired) electrons. The summed E-state index contributed by atoms with van der Waals surface area (Å²) in [6, 6.07) is 33.0. The summed E-state index contributed by atoms with van der Waals surface area (Å²) in [6.07, 6.45) is 17.2. The summed E-state index contributed by atoms with van der Waals surface area (Å²) >= 11 is -1.81. The molecule has 2 fully saturated rings. The second-order valence-electron chi connectivity index (χ2n) is 16.9. The van der Waals surface area contributed by atoms with Crippen LogP contribution in [0.1, 0.15) is 80.4 Å². The summed E-state index contributed by atoms with van der Waals surface area (Å²) in [4.78, 5) is 9.34. The molecule has 57 heavy (non-hydrogen) atoms. The third-order valence-electron chi connectivity index (χ3n) is 11.9. The van der Waals surface area contributed by atoms with Crippen molar-refractivity contribution in [2.45, 2.75) is 94.3 Å². The van der Waals surface area contributed by atoms with Crippen molar-refractivity contribution in [1.82, 2.24) is 9.97 Å². The summed E-state index contributed by atoms with van der Waals surface area (Å²) in [5.74, 6) is 7.59. The number of halogens is 2. The zero-order chi connectivity index (χ0) is 38.8. The Morgan fingerprint density at radius 3 is 2.23 bits per heavy atom. The van der Waals surface area contributed by atoms with Crippen molar-refractivity contribution in [3.8, 4) is 33.6 Å². The first-order chi connectivity index (χ1) is 27.1. The quantitative estimate of drug-likeness (QED) is 0.118. The third-order valence-corrected chi connectivity index (χ3v) is 16.4. The molecule has 7 heteroatoms. The van der Waals surface area contributed by atoms with Crippen LogP contribution in [-0.2, 0) is 26.5 Å². The van der Waals surface area contributed by atoms with Gasteiger partial charge in [0.2, 0.25) is 0 Å². The van der Waals surface area contributed by atoms with Gasteiger partial charge < -0.3 is 9.40 Å². The van der Waals surface area contributed by atoms with Crippen LogP contribution < -0.4 is 4.40 Å². The minimum absolute atomic E-state index is 0. The van der Waals surface area contributed by atoms with Gasteiger partial charge in [-0.25, -0.2) is 8.78 Å². The van der Waals surface area contributed by atoms with Gasteiger partial charge in [0, 0.05) is 31.7 Å². The number of rotatable bonds is 7. The van der Waals surface area contributed by atoms with Gasteiger partial charge in [0.05, 0.1) is 11.1 Å². The molecule has 0 saturated heterocycles. The van der Waals surface area contributed by atoms with E-state index in [1.165, 1.54) is 97.1 Å². The van der Waals surface area contributed by atoms with Gasteiger partial charge in [0.15, 0.2) is 0 Å². The maximum Gasteiger partial charge on any atom is 0.133 e. The topological polar surface area (TPSA) is 38.9 Å². The van der Waals surface area contributed by atoms with Gasteiger partial charge in [-0.15, -0.1) is 18.2 Å². The van der Waals surface area contributed by atoms with Crippen LogP contribution in [-0.4, -0.2) is 23.2 Å². The van der Waals surface area contributed by atoms with E-state index in [0.29, 0.717) is 16.7 Å². The smallest absolute Gasteiger partial charge is 0.133 e. The van der Waals surface area contributed by atoms with Gasteiger partial charge in [-0.05, 0) is 47.9 Å². The maximum absolute atomic E-state index is 14.3. The number of aryl methyl sites for hydroxylation is 1. The van der Waals surface area contributed by atoms with E-state index in [9.17, 15) is 8.78 Å². The summed E-state index contributed by atoms with van der Waals surface area (Å²) < 4.78 is 36.4. The molecule has 7 aromatic rings. The van der Waals surface area contributed by atoms with Crippen LogP contribution in [0, 0.1) is 36.6 Å². The number of pyridine rings is 2. The molecule has 0 atom stereocenters. The van der Waals surface area contributed by atoms with Crippen LogP contribution in [0.25, 0.3) is 55.6 Å². The summed E-state index contributed by atoms with van der Waals surface area (Å²) in [7, 11) is 0. The van der Waals surface area contributed by atoms with Crippen molar-refractivity contribution in [2.75, 3.05) is 0 Å². The fraction of sp³-hybridized carbons (Fsp3) is 0.320. The van der Waals surface area contributed by atoms with Crippen LogP contribution in [0.3, 0.4) is 0 Å². The van der Waals surface area contributed by atoms with Crippen molar-refractivity contribution in [1.29, 1.82) is 0 Å². The maximum atomic E-state index is 14.3. The Labute approximate surface area is 352 Å². The summed E-state index contributed by atoms with van der Waals surface area (Å²) in [5, 5.41) is 1.82. The fourth-order valence-corrected chi connectivity index (χ4v) is 12.5. The van der Waals surface area contributed by atoms with Crippen molar-refractivity contribution < 1.29 is 33.3 Å². The second-order valence-corrected chi connectivity index (χ2v) is 27.5. The van der Waals surface area contributed by atoms with Gasteiger partial charge >= 0.3 is 144 Å². The van der Waals surface area contributed by atoms with Crippen LogP contribution in [0.15, 0.2) is 102 Å². The van der Waals surface area contributed by atoms with Crippen molar-refractivity contribution >= 4 is 39.6 Å². The molecule has 0 bridgehead atoms. The number of nitrogens with zero attached hydrogens (tertiary/aromatic N) is 2. The first-order valence-corrected chi connectivity index (χ1v) is 27.7. The molecule has 0 spiro atoms. The third kappa shape index (κ3) is 9.19. The fourth-order valence-electron chi connectivity index (χ4n) is 8.92. The molecule has 3 aromatic heterocycles. The average molecular weight is 998 g/mol. The predicted octanol–water partition coefficient (Wildman–Crippen LogP) is 13.6. The zero-order valence-corrected chi connectivity index (χ0v) is 37.8. The van der Waals surface area contributed by atoms with Crippen molar-refractivity contribution in [3.05, 3.63) is 138 Å². The molecule has 295 valence electrons. The Hall–Kier alpha value is -3.97. The average Bonchev–Trinajstić information content (AvgIpc) is 3.86. The normalized spacial score (nSPS) is 15.1. The zero-order valence-electron chi connectivity index (χ0n) is 33.4. The molecular formula is C50H50F2GeIrN2O-2. The SMILES string of the molecule is Cc1cc(-c2[c-]cc(C3CCCCC3)cc2)nc[c]1[Ge]([CH3])([CH3])[CH3].Fc1cccc(F)c1-c1ccc2c(c1)oc1c(-c3cc(CC4CCCC4)ccn3)[c-]ccc12.[Ir]. The Kier molecular flexibility index (Phi) is 12.9. The van der Waals surface area contributed by atoms with Crippen LogP contribution in [0.2, 0.25) is 17.3 Å². The monoisotopic (exact) mass is 999 g/mol. The second kappa shape index (κ2) is 17.9. The number of furan rings is 1. The van der Waals surface area contributed by atoms with Gasteiger partial charge in [-0.3, -0.25) is 0 Å². The Morgan fingerprint density at radius 1 is 0.772 bits per heavy atom. The number of hydrogen-bond donors (Lipinski definition) is 0. The van der Waals surface area contributed by atoms with E-state index in [4.69, 9.17) is 9.40 Å². The Balaban J connectivity index is 0.000000183. The van der Waals surface area contributed by atoms with Crippen LogP contribution in [0.5, 0.6) is 0 Å². The molecule has 0 N–H and O–H groups in total. The van der Waals surface area contributed by atoms with Crippen LogP contribution in [0.4, 0.5) is 8.78 Å². The predicted molar refractivity (Wildman–Crippen MR) is 229 cm³/mol. The minimum Gasteiger partial charge on any atom is -0.501 e. The van der Waals surface area contributed by atoms with E-state index in [1.807, 2.05) is 24.4 Å². The summed E-state index contributed by atoms with van der Waals surface area (Å²) in [6.45, 7) is 2.23. The van der Waals surface area contributed by atoms with E-state index in [-0.39, 0.29) is 25.7 Å². The van der Waals surface area contributed by atoms with Gasteiger partial charge in [-0.2, -0.15) is 0 Å². The molecule has 0 unspecified atom stereocenters. The molecule has 2 aliphatic rings. The molecule has 3 nitrogen and oxygen atoms in total. The molecule has 3 heterocycles. The van der Waals surface area contributed by atoms with E-state index < -0.39 is 24.9 Å². The Morgan fingerprint density at radius 2 is 1.53 bits per heavy atom.